The molecule has 0 spiro atoms. The van der Waals surface area contributed by atoms with E-state index in [2.05, 4.69) is 19.1 Å². The summed E-state index contributed by atoms with van der Waals surface area (Å²) >= 11 is 0. The molecule has 19 heavy (non-hydrogen) atoms. The van der Waals surface area contributed by atoms with Crippen molar-refractivity contribution in [1.82, 2.24) is 4.90 Å². The zero-order valence-electron chi connectivity index (χ0n) is 12.0. The molecule has 0 saturated carbocycles. The number of likely N-dealkylation sites (tertiary alicyclic amines) is 1. The Kier molecular flexibility index (Phi) is 3.95. The van der Waals surface area contributed by atoms with Crippen molar-refractivity contribution in [3.8, 4) is 0 Å². The van der Waals surface area contributed by atoms with Gasteiger partial charge in [0.25, 0.3) is 0 Å². The molecule has 1 unspecified atom stereocenters. The Balaban J connectivity index is 2.04. The number of hydrogen-bond acceptors (Lipinski definition) is 2. The Morgan fingerprint density at radius 3 is 2.37 bits per heavy atom. The zero-order chi connectivity index (χ0) is 14.0. The van der Waals surface area contributed by atoms with Crippen LogP contribution in [0.5, 0.6) is 0 Å². The molecular weight excluding hydrogens is 238 g/mol. The van der Waals surface area contributed by atoms with Gasteiger partial charge >= 0.3 is 0 Å². The normalized spacial score (nSPS) is 21.7. The molecule has 1 aliphatic rings. The maximum Gasteiger partial charge on any atom is 0.227 e. The molecule has 1 aromatic carbocycles. The van der Waals surface area contributed by atoms with Crippen LogP contribution in [0.1, 0.15) is 38.3 Å². The van der Waals surface area contributed by atoms with E-state index in [9.17, 15) is 9.90 Å². The van der Waals surface area contributed by atoms with Crippen molar-refractivity contribution in [1.29, 1.82) is 0 Å². The molecule has 2 rings (SSSR count). The maximum atomic E-state index is 12.3. The highest BCUT2D eigenvalue weighted by Gasteiger charge is 2.40. The van der Waals surface area contributed by atoms with Crippen molar-refractivity contribution < 1.29 is 9.90 Å². The van der Waals surface area contributed by atoms with Crippen LogP contribution < -0.4 is 0 Å². The van der Waals surface area contributed by atoms with E-state index in [1.54, 1.807) is 0 Å². The second kappa shape index (κ2) is 5.33. The van der Waals surface area contributed by atoms with Gasteiger partial charge in [-0.25, -0.2) is 0 Å². The van der Waals surface area contributed by atoms with Crippen molar-refractivity contribution in [3.63, 3.8) is 0 Å². The molecule has 0 aliphatic carbocycles. The number of rotatable bonds is 3. The Labute approximate surface area is 115 Å². The van der Waals surface area contributed by atoms with E-state index in [-0.39, 0.29) is 17.6 Å². The monoisotopic (exact) mass is 261 g/mol. The molecule has 1 atom stereocenters. The number of hydrogen-bond donors (Lipinski definition) is 1. The number of amides is 1. The third-order valence-electron chi connectivity index (χ3n) is 3.95. The first kappa shape index (κ1) is 14.1. The predicted molar refractivity (Wildman–Crippen MR) is 75.9 cm³/mol. The van der Waals surface area contributed by atoms with Gasteiger partial charge in [0.2, 0.25) is 5.91 Å². The molecule has 1 N–H and O–H groups in total. The summed E-state index contributed by atoms with van der Waals surface area (Å²) in [7, 11) is 0. The van der Waals surface area contributed by atoms with Crippen molar-refractivity contribution in [2.75, 3.05) is 6.54 Å². The minimum absolute atomic E-state index is 0.103. The van der Waals surface area contributed by atoms with Crippen molar-refractivity contribution >= 4 is 5.91 Å². The smallest absolute Gasteiger partial charge is 0.227 e. The number of carbonyl (C=O) groups is 1. The molecule has 0 radical (unpaired) electrons. The van der Waals surface area contributed by atoms with Gasteiger partial charge in [0, 0.05) is 12.1 Å². The number of benzene rings is 1. The summed E-state index contributed by atoms with van der Waals surface area (Å²) in [6.45, 7) is 6.61. The molecule has 3 nitrogen and oxygen atoms in total. The number of aryl methyl sites for hydroxylation is 1. The Hall–Kier alpha value is -1.35. The molecule has 1 saturated heterocycles. The summed E-state index contributed by atoms with van der Waals surface area (Å²) < 4.78 is 0. The van der Waals surface area contributed by atoms with E-state index in [4.69, 9.17) is 0 Å². The first-order valence-corrected chi connectivity index (χ1v) is 6.98. The lowest BCUT2D eigenvalue weighted by Gasteiger charge is -2.31. The number of β-amino-alcohol motifs (C(OH)–C–C–N with tert-alkyl or cyclic N) is 1. The molecule has 1 heterocycles. The highest BCUT2D eigenvalue weighted by Crippen LogP contribution is 2.29. The molecule has 0 bridgehead atoms. The topological polar surface area (TPSA) is 40.5 Å². The summed E-state index contributed by atoms with van der Waals surface area (Å²) in [5, 5.41) is 9.72. The van der Waals surface area contributed by atoms with Gasteiger partial charge < -0.3 is 10.0 Å². The maximum absolute atomic E-state index is 12.3. The lowest BCUT2D eigenvalue weighted by molar-refractivity contribution is -0.133. The average molecular weight is 261 g/mol. The average Bonchev–Trinajstić information content (AvgIpc) is 2.63. The van der Waals surface area contributed by atoms with Crippen LogP contribution >= 0.6 is 0 Å². The number of aliphatic hydroxyl groups is 1. The van der Waals surface area contributed by atoms with Crippen LogP contribution in [0.4, 0.5) is 0 Å². The van der Waals surface area contributed by atoms with Gasteiger partial charge in [0.1, 0.15) is 0 Å². The summed E-state index contributed by atoms with van der Waals surface area (Å²) in [5.41, 5.74) is 2.09. The molecule has 3 heteroatoms. The van der Waals surface area contributed by atoms with Crippen LogP contribution in [0.15, 0.2) is 24.3 Å². The molecule has 1 aromatic rings. The summed E-state index contributed by atoms with van der Waals surface area (Å²) in [6, 6.07) is 8.20. The number of nitrogens with zero attached hydrogens (tertiary/aromatic N) is 1. The van der Waals surface area contributed by atoms with Gasteiger partial charge in [-0.05, 0) is 37.8 Å². The van der Waals surface area contributed by atoms with Crippen LogP contribution in [0.25, 0.3) is 0 Å². The second-order valence-corrected chi connectivity index (χ2v) is 6.02. The lowest BCUT2D eigenvalue weighted by atomic mass is 10.0. The second-order valence-electron chi connectivity index (χ2n) is 6.02. The summed E-state index contributed by atoms with van der Waals surface area (Å²) in [5.74, 6) is 0.103. The fourth-order valence-corrected chi connectivity index (χ4v) is 2.81. The van der Waals surface area contributed by atoms with Gasteiger partial charge in [0.15, 0.2) is 0 Å². The molecule has 1 aliphatic heterocycles. The summed E-state index contributed by atoms with van der Waals surface area (Å²) in [4.78, 5) is 14.2. The third-order valence-corrected chi connectivity index (χ3v) is 3.95. The van der Waals surface area contributed by atoms with Crippen LogP contribution in [0, 0.1) is 0 Å². The minimum atomic E-state index is -0.388. The van der Waals surface area contributed by atoms with Crippen LogP contribution in [0.3, 0.4) is 0 Å². The highest BCUT2D eigenvalue weighted by molar-refractivity contribution is 5.80. The van der Waals surface area contributed by atoms with E-state index >= 15 is 0 Å². The van der Waals surface area contributed by atoms with E-state index < -0.39 is 0 Å². The third kappa shape index (κ3) is 3.16. The molecule has 1 fully saturated rings. The van der Waals surface area contributed by atoms with Crippen molar-refractivity contribution in [2.24, 2.45) is 0 Å². The van der Waals surface area contributed by atoms with E-state index in [1.807, 2.05) is 30.9 Å². The Morgan fingerprint density at radius 1 is 1.32 bits per heavy atom. The number of aliphatic hydroxyl groups excluding tert-OH is 1. The fraction of sp³-hybridized carbons (Fsp3) is 0.562. The van der Waals surface area contributed by atoms with E-state index in [0.717, 1.165) is 12.0 Å². The van der Waals surface area contributed by atoms with E-state index in [0.29, 0.717) is 19.4 Å². The Bertz CT molecular complexity index is 450. The van der Waals surface area contributed by atoms with Gasteiger partial charge in [-0.3, -0.25) is 4.79 Å². The van der Waals surface area contributed by atoms with Crippen molar-refractivity contribution in [2.45, 2.75) is 51.7 Å². The quantitative estimate of drug-likeness (QED) is 0.906. The molecular formula is C16H23NO2. The highest BCUT2D eigenvalue weighted by atomic mass is 16.3. The fourth-order valence-electron chi connectivity index (χ4n) is 2.81. The van der Waals surface area contributed by atoms with Gasteiger partial charge in [-0.1, -0.05) is 31.2 Å². The van der Waals surface area contributed by atoms with Crippen LogP contribution in [-0.4, -0.2) is 34.1 Å². The zero-order valence-corrected chi connectivity index (χ0v) is 12.0. The summed E-state index contributed by atoms with van der Waals surface area (Å²) in [6.07, 6.45) is 1.70. The van der Waals surface area contributed by atoms with Gasteiger partial charge in [0.05, 0.1) is 12.5 Å². The van der Waals surface area contributed by atoms with Crippen LogP contribution in [0.2, 0.25) is 0 Å². The van der Waals surface area contributed by atoms with Gasteiger partial charge in [-0.2, -0.15) is 0 Å². The van der Waals surface area contributed by atoms with Crippen molar-refractivity contribution in [3.05, 3.63) is 35.4 Å². The molecule has 104 valence electrons. The first-order valence-electron chi connectivity index (χ1n) is 6.98. The minimum Gasteiger partial charge on any atom is -0.391 e. The lowest BCUT2D eigenvalue weighted by Crippen LogP contribution is -2.43. The molecule has 0 aromatic heterocycles. The largest absolute Gasteiger partial charge is 0.391 e. The standard InChI is InChI=1S/C16H23NO2/c1-4-12-5-7-13(8-6-12)9-15(19)17-11-14(18)10-16(17,2)3/h5-8,14,18H,4,9-11H2,1-3H3. The Morgan fingerprint density at radius 2 is 1.89 bits per heavy atom. The predicted octanol–water partition coefficient (Wildman–Crippen LogP) is 2.16. The first-order chi connectivity index (χ1) is 8.92. The van der Waals surface area contributed by atoms with Gasteiger partial charge in [-0.15, -0.1) is 0 Å². The van der Waals surface area contributed by atoms with E-state index in [1.165, 1.54) is 5.56 Å². The van der Waals surface area contributed by atoms with Crippen LogP contribution in [-0.2, 0) is 17.6 Å². The number of carbonyl (C=O) groups excluding carboxylic acids is 1. The SMILES string of the molecule is CCc1ccc(CC(=O)N2CC(O)CC2(C)C)cc1. The molecule has 1 amide bonds.